The molecule has 162 valence electrons. The molecule has 7 nitrogen and oxygen atoms in total. The molecule has 0 bridgehead atoms. The van der Waals surface area contributed by atoms with Crippen LogP contribution in [0, 0.1) is 0 Å². The van der Waals surface area contributed by atoms with Crippen molar-refractivity contribution in [3.63, 3.8) is 0 Å². The molecule has 1 N–H and O–H groups in total. The molecule has 0 unspecified atom stereocenters. The summed E-state index contributed by atoms with van der Waals surface area (Å²) in [6, 6.07) is 22.3. The Hall–Kier alpha value is -3.52. The fraction of sp³-hybridized carbons (Fsp3) is 0.174. The summed E-state index contributed by atoms with van der Waals surface area (Å²) in [6.07, 6.45) is 0. The van der Waals surface area contributed by atoms with Crippen LogP contribution in [0.5, 0.6) is 11.5 Å². The highest BCUT2D eigenvalue weighted by Gasteiger charge is 2.15. The Kier molecular flexibility index (Phi) is 7.15. The molecular weight excluding hydrogens is 416 g/mol. The van der Waals surface area contributed by atoms with E-state index in [9.17, 15) is 13.2 Å². The Morgan fingerprint density at radius 1 is 0.839 bits per heavy atom. The van der Waals surface area contributed by atoms with E-state index in [2.05, 4.69) is 4.72 Å². The molecular formula is C23H24N2O5S. The molecule has 8 heteroatoms. The van der Waals surface area contributed by atoms with E-state index in [4.69, 9.17) is 9.47 Å². The monoisotopic (exact) mass is 440 g/mol. The number of carbonyl (C=O) groups is 1. The van der Waals surface area contributed by atoms with Crippen LogP contribution in [0.25, 0.3) is 0 Å². The number of benzene rings is 3. The molecule has 1 amide bonds. The van der Waals surface area contributed by atoms with Crippen LogP contribution in [-0.2, 0) is 21.4 Å². The molecule has 0 saturated carbocycles. The molecule has 0 atom stereocenters. The first-order chi connectivity index (χ1) is 14.8. The third-order valence-corrected chi connectivity index (χ3v) is 5.75. The van der Waals surface area contributed by atoms with Crippen LogP contribution in [0.15, 0.2) is 83.8 Å². The lowest BCUT2D eigenvalue weighted by Crippen LogP contribution is -2.27. The lowest BCUT2D eigenvalue weighted by molar-refractivity contribution is -0.130. The van der Waals surface area contributed by atoms with Crippen molar-refractivity contribution in [2.45, 2.75) is 11.5 Å². The summed E-state index contributed by atoms with van der Waals surface area (Å²) in [5, 5.41) is 0. The quantitative estimate of drug-likeness (QED) is 0.550. The van der Waals surface area contributed by atoms with Gasteiger partial charge in [0.1, 0.15) is 18.1 Å². The van der Waals surface area contributed by atoms with Crippen LogP contribution in [0.3, 0.4) is 0 Å². The Bertz CT molecular complexity index is 1100. The second-order valence-electron chi connectivity index (χ2n) is 6.95. The largest absolute Gasteiger partial charge is 0.489 e. The number of likely N-dealkylation sites (N-methyl/N-ethyl adjacent to an activating group) is 1. The maximum atomic E-state index is 12.6. The minimum atomic E-state index is -3.76. The van der Waals surface area contributed by atoms with Gasteiger partial charge in [0.2, 0.25) is 0 Å². The number of carbonyl (C=O) groups excluding carboxylic acids is 1. The van der Waals surface area contributed by atoms with Crippen molar-refractivity contribution in [1.82, 2.24) is 4.90 Å². The standard InChI is InChI=1S/C23H24N2O5S/c1-25(2)23(26)17-30-21-12-14-22(15-13-21)31(27,28)24-19-8-10-20(11-9-19)29-16-18-6-4-3-5-7-18/h3-15,24H,16-17H2,1-2H3. The molecule has 0 aliphatic rings. The lowest BCUT2D eigenvalue weighted by Gasteiger charge is -2.12. The van der Waals surface area contributed by atoms with Gasteiger partial charge in [-0.3, -0.25) is 9.52 Å². The van der Waals surface area contributed by atoms with Crippen LogP contribution in [0.4, 0.5) is 5.69 Å². The number of rotatable bonds is 9. The average Bonchev–Trinajstić information content (AvgIpc) is 2.77. The van der Waals surface area contributed by atoms with Crippen LogP contribution < -0.4 is 14.2 Å². The van der Waals surface area contributed by atoms with E-state index in [0.717, 1.165) is 5.56 Å². The summed E-state index contributed by atoms with van der Waals surface area (Å²) in [5.41, 5.74) is 1.47. The third-order valence-electron chi connectivity index (χ3n) is 4.35. The number of amides is 1. The molecule has 3 aromatic rings. The SMILES string of the molecule is CN(C)C(=O)COc1ccc(S(=O)(=O)Nc2ccc(OCc3ccccc3)cc2)cc1. The van der Waals surface area contributed by atoms with Gasteiger partial charge >= 0.3 is 0 Å². The number of hydrogen-bond acceptors (Lipinski definition) is 5. The van der Waals surface area contributed by atoms with Crippen LogP contribution in [-0.4, -0.2) is 39.9 Å². The van der Waals surface area contributed by atoms with Gasteiger partial charge in [-0.05, 0) is 54.1 Å². The van der Waals surface area contributed by atoms with Gasteiger partial charge in [0.05, 0.1) is 4.90 Å². The van der Waals surface area contributed by atoms with E-state index >= 15 is 0 Å². The zero-order valence-corrected chi connectivity index (χ0v) is 18.1. The fourth-order valence-corrected chi connectivity index (χ4v) is 3.62. The first kappa shape index (κ1) is 22.2. The van der Waals surface area contributed by atoms with Crippen molar-refractivity contribution in [3.8, 4) is 11.5 Å². The lowest BCUT2D eigenvalue weighted by atomic mass is 10.2. The van der Waals surface area contributed by atoms with E-state index in [-0.39, 0.29) is 17.4 Å². The normalized spacial score (nSPS) is 10.9. The van der Waals surface area contributed by atoms with Gasteiger partial charge in [-0.1, -0.05) is 30.3 Å². The molecule has 0 spiro atoms. The van der Waals surface area contributed by atoms with E-state index in [1.54, 1.807) is 38.4 Å². The van der Waals surface area contributed by atoms with Crippen molar-refractivity contribution >= 4 is 21.6 Å². The second-order valence-corrected chi connectivity index (χ2v) is 8.63. The van der Waals surface area contributed by atoms with Crippen molar-refractivity contribution in [2.24, 2.45) is 0 Å². The van der Waals surface area contributed by atoms with E-state index in [1.165, 1.54) is 29.2 Å². The maximum absolute atomic E-state index is 12.6. The zero-order chi connectivity index (χ0) is 22.3. The van der Waals surface area contributed by atoms with E-state index < -0.39 is 10.0 Å². The predicted octanol–water partition coefficient (Wildman–Crippen LogP) is 3.53. The Morgan fingerprint density at radius 3 is 2.03 bits per heavy atom. The second kappa shape index (κ2) is 9.99. The van der Waals surface area contributed by atoms with Crippen molar-refractivity contribution in [2.75, 3.05) is 25.4 Å². The van der Waals surface area contributed by atoms with Gasteiger partial charge in [0.25, 0.3) is 15.9 Å². The minimum Gasteiger partial charge on any atom is -0.489 e. The zero-order valence-electron chi connectivity index (χ0n) is 17.3. The Balaban J connectivity index is 1.57. The fourth-order valence-electron chi connectivity index (χ4n) is 2.56. The molecule has 0 aliphatic carbocycles. The first-order valence-electron chi connectivity index (χ1n) is 9.56. The summed E-state index contributed by atoms with van der Waals surface area (Å²) in [6.45, 7) is 0.316. The molecule has 0 aliphatic heterocycles. The number of anilines is 1. The first-order valence-corrected chi connectivity index (χ1v) is 11.0. The molecule has 0 aromatic heterocycles. The van der Waals surface area contributed by atoms with Crippen molar-refractivity contribution in [1.29, 1.82) is 0 Å². The van der Waals surface area contributed by atoms with Gasteiger partial charge in [0, 0.05) is 19.8 Å². The number of nitrogens with zero attached hydrogens (tertiary/aromatic N) is 1. The summed E-state index contributed by atoms with van der Waals surface area (Å²) in [7, 11) is -0.497. The van der Waals surface area contributed by atoms with E-state index in [1.807, 2.05) is 30.3 Å². The van der Waals surface area contributed by atoms with Crippen molar-refractivity contribution in [3.05, 3.63) is 84.4 Å². The van der Waals surface area contributed by atoms with E-state index in [0.29, 0.717) is 23.8 Å². The molecule has 3 rings (SSSR count). The van der Waals surface area contributed by atoms with Gasteiger partial charge in [-0.15, -0.1) is 0 Å². The molecule has 31 heavy (non-hydrogen) atoms. The highest BCUT2D eigenvalue weighted by molar-refractivity contribution is 7.92. The molecule has 0 saturated heterocycles. The summed E-state index contributed by atoms with van der Waals surface area (Å²) < 4.78 is 38.8. The summed E-state index contributed by atoms with van der Waals surface area (Å²) >= 11 is 0. The highest BCUT2D eigenvalue weighted by Crippen LogP contribution is 2.22. The van der Waals surface area contributed by atoms with Gasteiger partial charge < -0.3 is 14.4 Å². The van der Waals surface area contributed by atoms with Crippen LogP contribution in [0.2, 0.25) is 0 Å². The minimum absolute atomic E-state index is 0.0863. The number of ether oxygens (including phenoxy) is 2. The van der Waals surface area contributed by atoms with Gasteiger partial charge in [-0.25, -0.2) is 8.42 Å². The Morgan fingerprint density at radius 2 is 1.42 bits per heavy atom. The molecule has 0 radical (unpaired) electrons. The molecule has 0 heterocycles. The van der Waals surface area contributed by atoms with Crippen LogP contribution in [0.1, 0.15) is 5.56 Å². The van der Waals surface area contributed by atoms with Gasteiger partial charge in [-0.2, -0.15) is 0 Å². The number of hydrogen-bond donors (Lipinski definition) is 1. The topological polar surface area (TPSA) is 84.9 Å². The number of nitrogens with one attached hydrogen (secondary N) is 1. The smallest absolute Gasteiger partial charge is 0.261 e. The van der Waals surface area contributed by atoms with Crippen molar-refractivity contribution < 1.29 is 22.7 Å². The number of sulfonamides is 1. The predicted molar refractivity (Wildman–Crippen MR) is 119 cm³/mol. The Labute approximate surface area is 182 Å². The average molecular weight is 441 g/mol. The third kappa shape index (κ3) is 6.48. The summed E-state index contributed by atoms with van der Waals surface area (Å²) in [5.74, 6) is 0.865. The van der Waals surface area contributed by atoms with Gasteiger partial charge in [0.15, 0.2) is 6.61 Å². The maximum Gasteiger partial charge on any atom is 0.261 e. The highest BCUT2D eigenvalue weighted by atomic mass is 32.2. The molecule has 0 fully saturated rings. The molecule has 3 aromatic carbocycles. The van der Waals surface area contributed by atoms with Crippen LogP contribution >= 0.6 is 0 Å². The summed E-state index contributed by atoms with van der Waals surface area (Å²) in [4.78, 5) is 13.1.